The lowest BCUT2D eigenvalue weighted by atomic mass is 10.0. The standard InChI is InChI=1S/C24H20NO6.ClHO4/c1-28-19-10-6-15(7-11-19)21-12-17-13-22(29-2)23(30-3)14-20(17)24(31-21)16-4-8-18(9-5-16)25(26)27;2-1(3,4)5/h4-14H,1-3H3;(H,2,3,4,5)/q+1;/p-1. The molecule has 0 unspecified atom stereocenters. The first-order valence-corrected chi connectivity index (χ1v) is 11.3. The molecule has 0 aliphatic heterocycles. The van der Waals surface area contributed by atoms with E-state index in [4.69, 9.17) is 37.3 Å². The summed E-state index contributed by atoms with van der Waals surface area (Å²) in [6.07, 6.45) is 0. The predicted octanol–water partition coefficient (Wildman–Crippen LogP) is 1.23. The van der Waals surface area contributed by atoms with E-state index in [1.54, 1.807) is 33.5 Å². The number of nitro groups is 1. The fourth-order valence-electron chi connectivity index (χ4n) is 3.39. The molecule has 36 heavy (non-hydrogen) atoms. The van der Waals surface area contributed by atoms with Crippen molar-refractivity contribution < 1.29 is 52.4 Å². The van der Waals surface area contributed by atoms with Crippen molar-refractivity contribution in [1.82, 2.24) is 0 Å². The van der Waals surface area contributed by atoms with Crippen LogP contribution in [0.2, 0.25) is 0 Å². The van der Waals surface area contributed by atoms with Gasteiger partial charge in [-0.25, -0.2) is 23.1 Å². The Balaban J connectivity index is 0.000000658. The summed E-state index contributed by atoms with van der Waals surface area (Å²) in [6.45, 7) is 0. The average Bonchev–Trinajstić information content (AvgIpc) is 2.86. The second-order valence-electron chi connectivity index (χ2n) is 7.14. The third-order valence-corrected chi connectivity index (χ3v) is 5.01. The van der Waals surface area contributed by atoms with Crippen molar-refractivity contribution in [2.24, 2.45) is 0 Å². The maximum atomic E-state index is 11.0. The summed E-state index contributed by atoms with van der Waals surface area (Å²) >= 11 is 0. The number of benzene rings is 3. The molecule has 0 N–H and O–H groups in total. The lowest BCUT2D eigenvalue weighted by Crippen LogP contribution is -2.68. The molecule has 0 saturated heterocycles. The highest BCUT2D eigenvalue weighted by atomic mass is 35.7. The summed E-state index contributed by atoms with van der Waals surface area (Å²) in [6, 6.07) is 19.4. The molecule has 12 heteroatoms. The summed E-state index contributed by atoms with van der Waals surface area (Å²) in [5.74, 6) is 3.10. The van der Waals surface area contributed by atoms with Crippen LogP contribution in [0.1, 0.15) is 0 Å². The summed E-state index contributed by atoms with van der Waals surface area (Å²) < 4.78 is 56.4. The smallest absolute Gasteiger partial charge is 0.368 e. The minimum atomic E-state index is -4.94. The van der Waals surface area contributed by atoms with Gasteiger partial charge in [-0.2, -0.15) is 0 Å². The van der Waals surface area contributed by atoms with Crippen molar-refractivity contribution in [3.05, 3.63) is 76.8 Å². The van der Waals surface area contributed by atoms with Gasteiger partial charge in [-0.1, -0.05) is 0 Å². The van der Waals surface area contributed by atoms with E-state index in [0.717, 1.165) is 22.1 Å². The van der Waals surface area contributed by atoms with Crippen LogP contribution in [0.3, 0.4) is 0 Å². The van der Waals surface area contributed by atoms with Crippen molar-refractivity contribution in [2.45, 2.75) is 0 Å². The van der Waals surface area contributed by atoms with Crippen molar-refractivity contribution in [3.63, 3.8) is 0 Å². The molecule has 0 aliphatic rings. The summed E-state index contributed by atoms with van der Waals surface area (Å²) in [5.41, 5.74) is 1.58. The monoisotopic (exact) mass is 517 g/mol. The summed E-state index contributed by atoms with van der Waals surface area (Å²) in [7, 11) is -0.182. The average molecular weight is 518 g/mol. The number of nitro benzene ring substituents is 1. The Morgan fingerprint density at radius 1 is 0.750 bits per heavy atom. The molecule has 0 bridgehead atoms. The molecule has 4 rings (SSSR count). The highest BCUT2D eigenvalue weighted by Crippen LogP contribution is 2.40. The zero-order valence-electron chi connectivity index (χ0n) is 19.3. The van der Waals surface area contributed by atoms with Gasteiger partial charge in [0.05, 0.1) is 48.8 Å². The zero-order valence-corrected chi connectivity index (χ0v) is 20.0. The molecule has 4 aromatic rings. The van der Waals surface area contributed by atoms with E-state index in [1.165, 1.54) is 12.1 Å². The minimum Gasteiger partial charge on any atom is -0.497 e. The van der Waals surface area contributed by atoms with Crippen molar-refractivity contribution >= 4 is 16.5 Å². The first-order chi connectivity index (χ1) is 17.0. The fourth-order valence-corrected chi connectivity index (χ4v) is 3.39. The molecule has 0 radical (unpaired) electrons. The Morgan fingerprint density at radius 3 is 1.78 bits per heavy atom. The second-order valence-corrected chi connectivity index (χ2v) is 7.90. The van der Waals surface area contributed by atoms with Crippen molar-refractivity contribution in [2.75, 3.05) is 21.3 Å². The van der Waals surface area contributed by atoms with Gasteiger partial charge in [0.2, 0.25) is 0 Å². The summed E-state index contributed by atoms with van der Waals surface area (Å²) in [4.78, 5) is 10.6. The quantitative estimate of drug-likeness (QED) is 0.205. The third-order valence-electron chi connectivity index (χ3n) is 5.01. The molecule has 1 heterocycles. The topological polar surface area (TPSA) is 174 Å². The number of nitrogens with zero attached hydrogens (tertiary/aromatic N) is 1. The van der Waals surface area contributed by atoms with Crippen LogP contribution >= 0.6 is 0 Å². The molecule has 0 atom stereocenters. The molecule has 0 saturated carbocycles. The molecule has 0 spiro atoms. The van der Waals surface area contributed by atoms with Gasteiger partial charge >= 0.3 is 11.5 Å². The predicted molar refractivity (Wildman–Crippen MR) is 118 cm³/mol. The third kappa shape index (κ3) is 6.56. The molecule has 11 nitrogen and oxygen atoms in total. The van der Waals surface area contributed by atoms with E-state index in [9.17, 15) is 10.1 Å². The number of ether oxygens (including phenoxy) is 3. The van der Waals surface area contributed by atoms with E-state index in [1.807, 2.05) is 42.5 Å². The number of hydrogen-bond acceptors (Lipinski definition) is 9. The van der Waals surface area contributed by atoms with Crippen LogP contribution in [0.5, 0.6) is 17.2 Å². The fraction of sp³-hybridized carbons (Fsp3) is 0.125. The van der Waals surface area contributed by atoms with Gasteiger partial charge in [-0.3, -0.25) is 10.1 Å². The Labute approximate surface area is 207 Å². The maximum absolute atomic E-state index is 11.0. The molecular formula is C24H20ClNO10. The molecule has 0 amide bonds. The van der Waals surface area contributed by atoms with Crippen LogP contribution < -0.4 is 32.8 Å². The highest BCUT2D eigenvalue weighted by molar-refractivity contribution is 5.97. The van der Waals surface area contributed by atoms with Crippen molar-refractivity contribution in [3.8, 4) is 39.9 Å². The highest BCUT2D eigenvalue weighted by Gasteiger charge is 2.25. The van der Waals surface area contributed by atoms with E-state index in [2.05, 4.69) is 0 Å². The van der Waals surface area contributed by atoms with E-state index >= 15 is 0 Å². The van der Waals surface area contributed by atoms with Crippen LogP contribution in [0, 0.1) is 20.4 Å². The van der Waals surface area contributed by atoms with E-state index in [-0.39, 0.29) is 5.69 Å². The summed E-state index contributed by atoms with van der Waals surface area (Å²) in [5, 5.41) is 12.7. The SMILES string of the molecule is COc1ccc(-c2cc3cc(OC)c(OC)cc3c(-c3ccc([N+](=O)[O-])cc3)[o+]2)cc1.[O-][Cl+3]([O-])([O-])[O-]. The van der Waals surface area contributed by atoms with Gasteiger partial charge in [0.25, 0.3) is 5.69 Å². The number of rotatable bonds is 6. The van der Waals surface area contributed by atoms with E-state index < -0.39 is 15.2 Å². The van der Waals surface area contributed by atoms with Crippen LogP contribution in [0.4, 0.5) is 5.69 Å². The lowest BCUT2D eigenvalue weighted by Gasteiger charge is -2.17. The largest absolute Gasteiger partial charge is 0.497 e. The second kappa shape index (κ2) is 11.2. The van der Waals surface area contributed by atoms with Crippen molar-refractivity contribution in [1.29, 1.82) is 0 Å². The normalized spacial score (nSPS) is 10.9. The van der Waals surface area contributed by atoms with Crippen LogP contribution in [-0.2, 0) is 0 Å². The molecule has 0 fully saturated rings. The first kappa shape index (κ1) is 26.6. The zero-order chi connectivity index (χ0) is 26.5. The molecule has 1 aromatic heterocycles. The van der Waals surface area contributed by atoms with Crippen LogP contribution in [-0.4, -0.2) is 26.3 Å². The molecule has 3 aromatic carbocycles. The lowest BCUT2D eigenvalue weighted by molar-refractivity contribution is -2.00. The Hall–Kier alpha value is -4.00. The molecule has 0 aliphatic carbocycles. The van der Waals surface area contributed by atoms with Crippen LogP contribution in [0.15, 0.2) is 71.1 Å². The minimum absolute atomic E-state index is 0.0126. The number of non-ortho nitro benzene ring substituents is 1. The number of hydrogen-bond donors (Lipinski definition) is 0. The van der Waals surface area contributed by atoms with Gasteiger partial charge in [0, 0.05) is 23.6 Å². The Bertz CT molecular complexity index is 1350. The Morgan fingerprint density at radius 2 is 1.28 bits per heavy atom. The van der Waals surface area contributed by atoms with Gasteiger partial charge in [-0.05, 0) is 42.5 Å². The van der Waals surface area contributed by atoms with Gasteiger partial charge in [0.1, 0.15) is 5.75 Å². The molecule has 188 valence electrons. The van der Waals surface area contributed by atoms with E-state index in [0.29, 0.717) is 28.6 Å². The number of halogens is 1. The van der Waals surface area contributed by atoms with Gasteiger partial charge < -0.3 is 14.2 Å². The van der Waals surface area contributed by atoms with Gasteiger partial charge in [0.15, 0.2) is 11.5 Å². The van der Waals surface area contributed by atoms with Crippen LogP contribution in [0.25, 0.3) is 33.4 Å². The number of fused-ring (bicyclic) bond motifs is 1. The Kier molecular flexibility index (Phi) is 8.25. The molecular weight excluding hydrogens is 498 g/mol. The number of methoxy groups -OCH3 is 3. The first-order valence-electron chi connectivity index (χ1n) is 10.1. The van der Waals surface area contributed by atoms with Gasteiger partial charge in [-0.15, -0.1) is 10.2 Å². The maximum Gasteiger partial charge on any atom is 0.368 e.